The highest BCUT2D eigenvalue weighted by molar-refractivity contribution is 7.98. The topological polar surface area (TPSA) is 63.5 Å². The third-order valence-electron chi connectivity index (χ3n) is 6.22. The molecule has 0 unspecified atom stereocenters. The Hall–Kier alpha value is -2.84. The van der Waals surface area contributed by atoms with E-state index in [1.807, 2.05) is 53.4 Å². The number of rotatable bonds is 8. The van der Waals surface area contributed by atoms with Crippen LogP contribution in [0.3, 0.4) is 0 Å². The molecule has 4 rings (SSSR count). The highest BCUT2D eigenvalue weighted by Crippen LogP contribution is 2.30. The maximum absolute atomic E-state index is 13.3. The highest BCUT2D eigenvalue weighted by atomic mass is 32.2. The average Bonchev–Trinajstić information content (AvgIpc) is 3.31. The number of ether oxygens (including phenoxy) is 1. The number of aromatic nitrogens is 3. The van der Waals surface area contributed by atoms with E-state index in [1.54, 1.807) is 18.9 Å². The van der Waals surface area contributed by atoms with Gasteiger partial charge in [0.2, 0.25) is 0 Å². The van der Waals surface area contributed by atoms with E-state index >= 15 is 0 Å². The van der Waals surface area contributed by atoms with Crippen molar-refractivity contribution in [1.29, 1.82) is 0 Å². The van der Waals surface area contributed by atoms with E-state index in [-0.39, 0.29) is 11.8 Å². The summed E-state index contributed by atoms with van der Waals surface area (Å²) in [5.74, 6) is 2.70. The number of nitrogens with zero attached hydrogens (tertiary/aromatic N) is 5. The number of hydrogen-bond acceptors (Lipinski definition) is 6. The summed E-state index contributed by atoms with van der Waals surface area (Å²) in [5.41, 5.74) is 2.79. The van der Waals surface area contributed by atoms with Gasteiger partial charge in [-0.1, -0.05) is 50.7 Å². The second-order valence-corrected chi connectivity index (χ2v) is 9.64. The van der Waals surface area contributed by atoms with Crippen LogP contribution in [0.15, 0.2) is 53.7 Å². The van der Waals surface area contributed by atoms with Crippen molar-refractivity contribution in [2.24, 2.45) is 0 Å². The summed E-state index contributed by atoms with van der Waals surface area (Å²) in [5, 5.41) is 9.78. The molecule has 1 aliphatic heterocycles. The van der Waals surface area contributed by atoms with E-state index in [1.165, 1.54) is 0 Å². The minimum absolute atomic E-state index is 0.117. The van der Waals surface area contributed by atoms with Crippen LogP contribution in [0.4, 0.5) is 0 Å². The molecule has 0 radical (unpaired) electrons. The molecule has 1 aromatic heterocycles. The normalized spacial score (nSPS) is 14.6. The summed E-state index contributed by atoms with van der Waals surface area (Å²) in [6.07, 6.45) is 0. The van der Waals surface area contributed by atoms with Gasteiger partial charge in [-0.25, -0.2) is 0 Å². The Balaban J connectivity index is 1.55. The lowest BCUT2D eigenvalue weighted by atomic mass is 10.1. The molecule has 0 atom stereocenters. The fraction of sp³-hybridized carbons (Fsp3) is 0.423. The number of benzene rings is 2. The fourth-order valence-corrected chi connectivity index (χ4v) is 5.12. The molecular weight excluding hydrogens is 446 g/mol. The van der Waals surface area contributed by atoms with Crippen molar-refractivity contribution in [3.8, 4) is 11.4 Å². The van der Waals surface area contributed by atoms with E-state index in [0.29, 0.717) is 5.75 Å². The Morgan fingerprint density at radius 3 is 2.38 bits per heavy atom. The molecule has 1 saturated heterocycles. The first-order valence-corrected chi connectivity index (χ1v) is 12.8. The standard InChI is InChI=1S/C26H33N5O2S/c1-5-29-14-16-30(17-15-29)25(32)23-9-7-6-8-20(23)18-34-26-28-27-24(19(2)3)31(26)21-10-12-22(33-4)13-11-21/h6-13,19H,5,14-18H2,1-4H3. The number of likely N-dealkylation sites (N-methyl/N-ethyl adjacent to an activating group) is 1. The summed E-state index contributed by atoms with van der Waals surface area (Å²) >= 11 is 1.60. The molecule has 3 aromatic rings. The second kappa shape index (κ2) is 11.1. The number of carbonyl (C=O) groups is 1. The molecule has 1 fully saturated rings. The Morgan fingerprint density at radius 1 is 1.03 bits per heavy atom. The lowest BCUT2D eigenvalue weighted by Crippen LogP contribution is -2.48. The molecule has 0 aliphatic carbocycles. The highest BCUT2D eigenvalue weighted by Gasteiger charge is 2.24. The predicted octanol–water partition coefficient (Wildman–Crippen LogP) is 4.47. The van der Waals surface area contributed by atoms with Crippen LogP contribution in [0.25, 0.3) is 5.69 Å². The van der Waals surface area contributed by atoms with Gasteiger partial charge in [-0.15, -0.1) is 10.2 Å². The van der Waals surface area contributed by atoms with Crippen LogP contribution in [-0.2, 0) is 5.75 Å². The van der Waals surface area contributed by atoms with Gasteiger partial charge in [0.05, 0.1) is 7.11 Å². The summed E-state index contributed by atoms with van der Waals surface area (Å²) in [6, 6.07) is 15.9. The van der Waals surface area contributed by atoms with E-state index in [4.69, 9.17) is 4.74 Å². The lowest BCUT2D eigenvalue weighted by molar-refractivity contribution is 0.0642. The van der Waals surface area contributed by atoms with Crippen molar-refractivity contribution < 1.29 is 9.53 Å². The Bertz CT molecular complexity index is 1100. The third-order valence-corrected chi connectivity index (χ3v) is 7.19. The van der Waals surface area contributed by atoms with E-state index < -0.39 is 0 Å². The van der Waals surface area contributed by atoms with E-state index in [9.17, 15) is 4.79 Å². The zero-order valence-corrected chi connectivity index (χ0v) is 21.2. The number of piperazine rings is 1. The smallest absolute Gasteiger partial charge is 0.254 e. The molecule has 2 heterocycles. The van der Waals surface area contributed by atoms with Crippen molar-refractivity contribution in [1.82, 2.24) is 24.6 Å². The van der Waals surface area contributed by atoms with Gasteiger partial charge in [0.1, 0.15) is 11.6 Å². The average molecular weight is 480 g/mol. The van der Waals surface area contributed by atoms with Crippen LogP contribution in [0.2, 0.25) is 0 Å². The molecule has 0 N–H and O–H groups in total. The summed E-state index contributed by atoms with van der Waals surface area (Å²) in [6.45, 7) is 10.8. The van der Waals surface area contributed by atoms with Gasteiger partial charge in [0.25, 0.3) is 5.91 Å². The first kappa shape index (κ1) is 24.3. The maximum Gasteiger partial charge on any atom is 0.254 e. The van der Waals surface area contributed by atoms with Gasteiger partial charge in [-0.05, 0) is 42.4 Å². The summed E-state index contributed by atoms with van der Waals surface area (Å²) in [4.78, 5) is 17.7. The second-order valence-electron chi connectivity index (χ2n) is 8.70. The number of hydrogen-bond donors (Lipinski definition) is 0. The largest absolute Gasteiger partial charge is 0.497 e. The monoisotopic (exact) mass is 479 g/mol. The Kier molecular flexibility index (Phi) is 7.90. The Morgan fingerprint density at radius 2 is 1.74 bits per heavy atom. The molecule has 8 heteroatoms. The summed E-state index contributed by atoms with van der Waals surface area (Å²) in [7, 11) is 1.66. The number of amides is 1. The quantitative estimate of drug-likeness (QED) is 0.444. The minimum atomic E-state index is 0.117. The third kappa shape index (κ3) is 5.28. The lowest BCUT2D eigenvalue weighted by Gasteiger charge is -2.34. The molecule has 180 valence electrons. The van der Waals surface area contributed by atoms with Gasteiger partial charge in [-0.3, -0.25) is 9.36 Å². The number of thioether (sulfide) groups is 1. The molecule has 0 spiro atoms. The SMILES string of the molecule is CCN1CCN(C(=O)c2ccccc2CSc2nnc(C(C)C)n2-c2ccc(OC)cc2)CC1. The fourth-order valence-electron chi connectivity index (χ4n) is 4.16. The van der Waals surface area contributed by atoms with Crippen LogP contribution < -0.4 is 4.74 Å². The first-order chi connectivity index (χ1) is 16.5. The van der Waals surface area contributed by atoms with Crippen molar-refractivity contribution in [2.75, 3.05) is 39.8 Å². The van der Waals surface area contributed by atoms with Crippen LogP contribution in [-0.4, -0.2) is 70.3 Å². The van der Waals surface area contributed by atoms with Crippen molar-refractivity contribution >= 4 is 17.7 Å². The number of carbonyl (C=O) groups excluding carboxylic acids is 1. The van der Waals surface area contributed by atoms with Crippen LogP contribution in [0, 0.1) is 0 Å². The zero-order chi connectivity index (χ0) is 24.1. The van der Waals surface area contributed by atoms with E-state index in [0.717, 1.165) is 66.3 Å². The molecular formula is C26H33N5O2S. The molecule has 1 amide bonds. The van der Waals surface area contributed by atoms with Gasteiger partial charge in [0.15, 0.2) is 5.16 Å². The molecule has 1 aliphatic rings. The summed E-state index contributed by atoms with van der Waals surface area (Å²) < 4.78 is 7.41. The van der Waals surface area contributed by atoms with Crippen molar-refractivity contribution in [3.05, 3.63) is 65.5 Å². The maximum atomic E-state index is 13.3. The zero-order valence-electron chi connectivity index (χ0n) is 20.4. The molecule has 7 nitrogen and oxygen atoms in total. The van der Waals surface area contributed by atoms with Crippen molar-refractivity contribution in [3.63, 3.8) is 0 Å². The molecule has 34 heavy (non-hydrogen) atoms. The van der Waals surface area contributed by atoms with Crippen LogP contribution in [0.5, 0.6) is 5.75 Å². The van der Waals surface area contributed by atoms with Crippen LogP contribution in [0.1, 0.15) is 48.4 Å². The van der Waals surface area contributed by atoms with Crippen molar-refractivity contribution in [2.45, 2.75) is 37.6 Å². The van der Waals surface area contributed by atoms with E-state index in [2.05, 4.69) is 40.4 Å². The predicted molar refractivity (Wildman–Crippen MR) is 136 cm³/mol. The minimum Gasteiger partial charge on any atom is -0.497 e. The van der Waals surface area contributed by atoms with Gasteiger partial charge >= 0.3 is 0 Å². The molecule has 0 bridgehead atoms. The van der Waals surface area contributed by atoms with Gasteiger partial charge in [-0.2, -0.15) is 0 Å². The number of methoxy groups -OCH3 is 1. The van der Waals surface area contributed by atoms with Crippen LogP contribution >= 0.6 is 11.8 Å². The first-order valence-electron chi connectivity index (χ1n) is 11.8. The van der Waals surface area contributed by atoms with Gasteiger partial charge in [0, 0.05) is 49.1 Å². The Labute approximate surface area is 206 Å². The molecule has 0 saturated carbocycles. The molecule has 2 aromatic carbocycles. The van der Waals surface area contributed by atoms with Gasteiger partial charge < -0.3 is 14.5 Å².